The number of halogens is 1. The van der Waals surface area contributed by atoms with E-state index in [4.69, 9.17) is 22.4 Å². The molecule has 1 heterocycles. The van der Waals surface area contributed by atoms with Crippen molar-refractivity contribution in [1.29, 1.82) is 0 Å². The average molecular weight is 303 g/mol. The molecular weight excluding hydrogens is 284 g/mol. The number of hydrogen-bond acceptors (Lipinski definition) is 4. The van der Waals surface area contributed by atoms with Crippen LogP contribution in [0.1, 0.15) is 48.7 Å². The first kappa shape index (κ1) is 14.3. The van der Waals surface area contributed by atoms with Crippen molar-refractivity contribution in [2.75, 3.05) is 5.43 Å². The van der Waals surface area contributed by atoms with Crippen molar-refractivity contribution in [2.45, 2.75) is 38.0 Å². The van der Waals surface area contributed by atoms with E-state index in [0.717, 1.165) is 22.1 Å². The van der Waals surface area contributed by atoms with Crippen molar-refractivity contribution >= 4 is 17.4 Å². The van der Waals surface area contributed by atoms with Crippen LogP contribution in [-0.4, -0.2) is 9.97 Å². The molecule has 0 bridgehead atoms. The molecule has 1 aromatic carbocycles. The van der Waals surface area contributed by atoms with Crippen molar-refractivity contribution in [3.05, 3.63) is 52.4 Å². The van der Waals surface area contributed by atoms with Gasteiger partial charge in [-0.2, -0.15) is 0 Å². The van der Waals surface area contributed by atoms with Crippen LogP contribution in [0.2, 0.25) is 5.02 Å². The average Bonchev–Trinajstić information content (AvgIpc) is 3.04. The van der Waals surface area contributed by atoms with Gasteiger partial charge in [-0.05, 0) is 30.5 Å². The Labute approximate surface area is 129 Å². The molecule has 1 saturated carbocycles. The summed E-state index contributed by atoms with van der Waals surface area (Å²) in [7, 11) is 0. The first-order chi connectivity index (χ1) is 10.2. The van der Waals surface area contributed by atoms with Crippen LogP contribution in [0, 0.1) is 0 Å². The Hall–Kier alpha value is -1.65. The van der Waals surface area contributed by atoms with Crippen molar-refractivity contribution in [3.63, 3.8) is 0 Å². The second-order valence-corrected chi connectivity index (χ2v) is 5.96. The molecule has 0 amide bonds. The lowest BCUT2D eigenvalue weighted by atomic mass is 10.0. The largest absolute Gasteiger partial charge is 0.308 e. The van der Waals surface area contributed by atoms with Crippen LogP contribution in [0.25, 0.3) is 0 Å². The molecule has 1 aromatic heterocycles. The molecule has 0 unspecified atom stereocenters. The number of nitrogens with one attached hydrogen (secondary N) is 1. The molecular formula is C16H19ClN4. The van der Waals surface area contributed by atoms with Gasteiger partial charge in [-0.1, -0.05) is 36.6 Å². The summed E-state index contributed by atoms with van der Waals surface area (Å²) in [5, 5.41) is 0.740. The van der Waals surface area contributed by atoms with Crippen LogP contribution in [0.5, 0.6) is 0 Å². The fourth-order valence-corrected chi connectivity index (χ4v) is 3.01. The summed E-state index contributed by atoms with van der Waals surface area (Å²) in [5.41, 5.74) is 4.91. The smallest absolute Gasteiger partial charge is 0.143 e. The molecule has 1 fully saturated rings. The molecule has 3 rings (SSSR count). The lowest BCUT2D eigenvalue weighted by molar-refractivity contribution is 0.686. The van der Waals surface area contributed by atoms with E-state index < -0.39 is 0 Å². The Bertz CT molecular complexity index is 606. The fraction of sp³-hybridized carbons (Fsp3) is 0.375. The molecule has 2 aromatic rings. The van der Waals surface area contributed by atoms with Gasteiger partial charge in [-0.3, -0.25) is 0 Å². The quantitative estimate of drug-likeness (QED) is 0.668. The van der Waals surface area contributed by atoms with Crippen LogP contribution < -0.4 is 11.3 Å². The van der Waals surface area contributed by atoms with Gasteiger partial charge in [-0.15, -0.1) is 0 Å². The van der Waals surface area contributed by atoms with E-state index >= 15 is 0 Å². The lowest BCUT2D eigenvalue weighted by Crippen LogP contribution is -2.13. The van der Waals surface area contributed by atoms with Gasteiger partial charge in [0, 0.05) is 29.1 Å². The molecule has 21 heavy (non-hydrogen) atoms. The van der Waals surface area contributed by atoms with E-state index in [9.17, 15) is 0 Å². The van der Waals surface area contributed by atoms with Gasteiger partial charge >= 0.3 is 0 Å². The van der Waals surface area contributed by atoms with E-state index in [1.165, 1.54) is 25.7 Å². The molecule has 0 saturated heterocycles. The zero-order chi connectivity index (χ0) is 14.7. The molecule has 4 nitrogen and oxygen atoms in total. The zero-order valence-corrected chi connectivity index (χ0v) is 12.6. The number of aromatic nitrogens is 2. The van der Waals surface area contributed by atoms with Gasteiger partial charge in [0.1, 0.15) is 11.6 Å². The minimum Gasteiger partial charge on any atom is -0.308 e. The summed E-state index contributed by atoms with van der Waals surface area (Å²) in [6, 6.07) is 9.76. The molecule has 1 aliphatic carbocycles. The normalized spacial score (nSPS) is 15.3. The molecule has 0 aliphatic heterocycles. The molecule has 5 heteroatoms. The van der Waals surface area contributed by atoms with Gasteiger partial charge < -0.3 is 5.43 Å². The number of hydrogen-bond donors (Lipinski definition) is 2. The number of rotatable bonds is 4. The summed E-state index contributed by atoms with van der Waals surface area (Å²) >= 11 is 5.92. The summed E-state index contributed by atoms with van der Waals surface area (Å²) in [4.78, 5) is 9.20. The lowest BCUT2D eigenvalue weighted by Gasteiger charge is -2.12. The number of anilines is 1. The van der Waals surface area contributed by atoms with E-state index in [2.05, 4.69) is 10.4 Å². The van der Waals surface area contributed by atoms with Gasteiger partial charge in [0.25, 0.3) is 0 Å². The molecule has 0 radical (unpaired) electrons. The Kier molecular flexibility index (Phi) is 4.36. The second kappa shape index (κ2) is 6.41. The molecule has 3 N–H and O–H groups in total. The highest BCUT2D eigenvalue weighted by molar-refractivity contribution is 6.30. The minimum atomic E-state index is 0.545. The van der Waals surface area contributed by atoms with Crippen molar-refractivity contribution < 1.29 is 0 Å². The van der Waals surface area contributed by atoms with Crippen molar-refractivity contribution in [3.8, 4) is 0 Å². The Morgan fingerprint density at radius 1 is 1.14 bits per heavy atom. The summed E-state index contributed by atoms with van der Waals surface area (Å²) in [6.07, 6.45) is 5.67. The fourth-order valence-electron chi connectivity index (χ4n) is 2.89. The van der Waals surface area contributed by atoms with Gasteiger partial charge in [-0.25, -0.2) is 15.8 Å². The van der Waals surface area contributed by atoms with Crippen molar-refractivity contribution in [1.82, 2.24) is 9.97 Å². The third-order valence-corrected chi connectivity index (χ3v) is 4.24. The van der Waals surface area contributed by atoms with Crippen LogP contribution in [0.15, 0.2) is 30.3 Å². The maximum Gasteiger partial charge on any atom is 0.143 e. The maximum atomic E-state index is 5.92. The third-order valence-electron chi connectivity index (χ3n) is 3.99. The van der Waals surface area contributed by atoms with Gasteiger partial charge in [0.2, 0.25) is 0 Å². The number of nitrogens with two attached hydrogens (primary N) is 1. The summed E-state index contributed by atoms with van der Waals surface area (Å²) < 4.78 is 0. The molecule has 1 aliphatic rings. The number of benzene rings is 1. The Balaban J connectivity index is 1.86. The minimum absolute atomic E-state index is 0.545. The van der Waals surface area contributed by atoms with E-state index in [-0.39, 0.29) is 0 Å². The topological polar surface area (TPSA) is 63.8 Å². The van der Waals surface area contributed by atoms with Crippen LogP contribution in [0.3, 0.4) is 0 Å². The Morgan fingerprint density at radius 3 is 2.52 bits per heavy atom. The predicted octanol–water partition coefficient (Wildman–Crippen LogP) is 3.66. The Morgan fingerprint density at radius 2 is 1.86 bits per heavy atom. The summed E-state index contributed by atoms with van der Waals surface area (Å²) in [5.74, 6) is 7.58. The van der Waals surface area contributed by atoms with E-state index in [1.807, 2.05) is 30.3 Å². The number of hydrazine groups is 1. The summed E-state index contributed by atoms with van der Waals surface area (Å²) in [6.45, 7) is 0. The van der Waals surface area contributed by atoms with Crippen LogP contribution >= 0.6 is 11.6 Å². The van der Waals surface area contributed by atoms with E-state index in [1.54, 1.807) is 0 Å². The molecule has 0 spiro atoms. The maximum absolute atomic E-state index is 5.92. The van der Waals surface area contributed by atoms with Crippen molar-refractivity contribution in [2.24, 2.45) is 5.84 Å². The highest BCUT2D eigenvalue weighted by atomic mass is 35.5. The third kappa shape index (κ3) is 3.52. The predicted molar refractivity (Wildman–Crippen MR) is 85.3 cm³/mol. The number of nitrogens with zero attached hydrogens (tertiary/aromatic N) is 2. The van der Waals surface area contributed by atoms with Gasteiger partial charge in [0.15, 0.2) is 0 Å². The first-order valence-electron chi connectivity index (χ1n) is 7.33. The van der Waals surface area contributed by atoms with Crippen LogP contribution in [0.4, 0.5) is 5.82 Å². The SMILES string of the molecule is NNc1cc(C2CCCC2)nc(Cc2ccc(Cl)cc2)n1. The highest BCUT2D eigenvalue weighted by Gasteiger charge is 2.20. The molecule has 110 valence electrons. The highest BCUT2D eigenvalue weighted by Crippen LogP contribution is 2.33. The van der Waals surface area contributed by atoms with E-state index in [0.29, 0.717) is 18.2 Å². The van der Waals surface area contributed by atoms with Crippen LogP contribution in [-0.2, 0) is 6.42 Å². The first-order valence-corrected chi connectivity index (χ1v) is 7.71. The molecule has 0 atom stereocenters. The monoisotopic (exact) mass is 302 g/mol. The second-order valence-electron chi connectivity index (χ2n) is 5.52. The standard InChI is InChI=1S/C16H19ClN4/c17-13-7-5-11(6-8-13)9-15-19-14(10-16(20-15)21-18)12-3-1-2-4-12/h5-8,10,12H,1-4,9,18H2,(H,19,20,21). The van der Waals surface area contributed by atoms with Gasteiger partial charge in [0.05, 0.1) is 0 Å². The number of nitrogen functional groups attached to an aromatic ring is 1. The zero-order valence-electron chi connectivity index (χ0n) is 11.8.